The molecule has 0 spiro atoms. The number of nitro benzene ring substituents is 1. The molecule has 3 aromatic carbocycles. The van der Waals surface area contributed by atoms with Crippen molar-refractivity contribution >= 4 is 23.4 Å². The van der Waals surface area contributed by atoms with Gasteiger partial charge in [-0.3, -0.25) is 10.1 Å². The Morgan fingerprint density at radius 1 is 1.00 bits per heavy atom. The fourth-order valence-corrected chi connectivity index (χ4v) is 4.19. The summed E-state index contributed by atoms with van der Waals surface area (Å²) in [6, 6.07) is 24.6. The van der Waals surface area contributed by atoms with Crippen LogP contribution in [-0.4, -0.2) is 26.8 Å². The lowest BCUT2D eigenvalue weighted by Gasteiger charge is -2.15. The van der Waals surface area contributed by atoms with Crippen molar-refractivity contribution in [2.45, 2.75) is 29.7 Å². The number of hydrogen-bond acceptors (Lipinski definition) is 7. The molecule has 0 fully saturated rings. The van der Waals surface area contributed by atoms with Gasteiger partial charge in [-0.15, -0.1) is 0 Å². The van der Waals surface area contributed by atoms with Gasteiger partial charge in [-0.05, 0) is 44.2 Å². The van der Waals surface area contributed by atoms with E-state index in [0.29, 0.717) is 26.9 Å². The molecule has 1 heterocycles. The van der Waals surface area contributed by atoms with Crippen molar-refractivity contribution < 1.29 is 19.2 Å². The largest absolute Gasteiger partial charge is 0.479 e. The predicted octanol–water partition coefficient (Wildman–Crippen LogP) is 5.61. The van der Waals surface area contributed by atoms with Crippen LogP contribution in [0.1, 0.15) is 12.6 Å². The normalized spacial score (nSPS) is 11.6. The number of carbonyl (C=O) groups excluding carboxylic acids is 1. The van der Waals surface area contributed by atoms with E-state index in [1.807, 2.05) is 48.5 Å². The molecular weight excluding hydrogens is 454 g/mol. The van der Waals surface area contributed by atoms with Crippen LogP contribution in [0.4, 0.5) is 5.69 Å². The number of aromatic nitrogens is 2. The van der Waals surface area contributed by atoms with E-state index in [1.54, 1.807) is 44.2 Å². The van der Waals surface area contributed by atoms with E-state index in [1.165, 1.54) is 10.7 Å². The minimum absolute atomic E-state index is 0.0441. The van der Waals surface area contributed by atoms with E-state index < -0.39 is 17.0 Å². The van der Waals surface area contributed by atoms with Crippen LogP contribution in [0.5, 0.6) is 11.6 Å². The summed E-state index contributed by atoms with van der Waals surface area (Å²) in [6.07, 6.45) is -0.897. The first-order chi connectivity index (χ1) is 16.4. The molecule has 4 rings (SSSR count). The molecule has 0 unspecified atom stereocenters. The van der Waals surface area contributed by atoms with Gasteiger partial charge in [-0.1, -0.05) is 60.3 Å². The third-order valence-electron chi connectivity index (χ3n) is 4.83. The predicted molar refractivity (Wildman–Crippen MR) is 128 cm³/mol. The zero-order valence-electron chi connectivity index (χ0n) is 18.5. The van der Waals surface area contributed by atoms with Crippen molar-refractivity contribution in [3.8, 4) is 17.3 Å². The average Bonchev–Trinajstić information content (AvgIpc) is 3.15. The Labute approximate surface area is 200 Å². The van der Waals surface area contributed by atoms with Crippen molar-refractivity contribution in [1.29, 1.82) is 0 Å². The maximum Gasteiger partial charge on any atom is 0.353 e. The summed E-state index contributed by atoms with van der Waals surface area (Å²) in [5.74, 6) is 0.0833. The Kier molecular flexibility index (Phi) is 6.93. The quantitative estimate of drug-likeness (QED) is 0.186. The number of hydrogen-bond donors (Lipinski definition) is 0. The van der Waals surface area contributed by atoms with Crippen molar-refractivity contribution in [2.75, 3.05) is 0 Å². The monoisotopic (exact) mass is 475 g/mol. The lowest BCUT2D eigenvalue weighted by Crippen LogP contribution is -2.29. The number of nitro groups is 1. The van der Waals surface area contributed by atoms with Crippen LogP contribution in [0, 0.1) is 17.0 Å². The smallest absolute Gasteiger partial charge is 0.353 e. The molecule has 0 saturated heterocycles. The Morgan fingerprint density at radius 3 is 2.29 bits per heavy atom. The highest BCUT2D eigenvalue weighted by Gasteiger charge is 2.27. The third kappa shape index (κ3) is 5.10. The minimum Gasteiger partial charge on any atom is -0.479 e. The van der Waals surface area contributed by atoms with E-state index in [-0.39, 0.29) is 11.6 Å². The van der Waals surface area contributed by atoms with E-state index >= 15 is 0 Å². The van der Waals surface area contributed by atoms with Crippen molar-refractivity contribution in [3.05, 3.63) is 101 Å². The van der Waals surface area contributed by atoms with Crippen molar-refractivity contribution in [1.82, 2.24) is 9.78 Å². The zero-order chi connectivity index (χ0) is 24.1. The van der Waals surface area contributed by atoms with Crippen molar-refractivity contribution in [2.24, 2.45) is 0 Å². The Balaban J connectivity index is 1.71. The summed E-state index contributed by atoms with van der Waals surface area (Å²) in [5.41, 5.74) is 1.20. The number of para-hydroxylation sites is 3. The summed E-state index contributed by atoms with van der Waals surface area (Å²) in [4.78, 5) is 25.0. The minimum atomic E-state index is -0.897. The van der Waals surface area contributed by atoms with Gasteiger partial charge in [0.25, 0.3) is 5.69 Å². The molecule has 0 aliphatic carbocycles. The molecule has 9 heteroatoms. The first kappa shape index (κ1) is 23.1. The van der Waals surface area contributed by atoms with Gasteiger partial charge in [-0.2, -0.15) is 9.78 Å². The van der Waals surface area contributed by atoms with E-state index in [4.69, 9.17) is 9.47 Å². The van der Waals surface area contributed by atoms with Crippen LogP contribution in [0.2, 0.25) is 0 Å². The first-order valence-corrected chi connectivity index (χ1v) is 11.3. The highest BCUT2D eigenvalue weighted by atomic mass is 32.2. The molecule has 0 bridgehead atoms. The Bertz CT molecular complexity index is 1310. The number of nitrogens with zero attached hydrogens (tertiary/aromatic N) is 3. The maximum absolute atomic E-state index is 13.0. The van der Waals surface area contributed by atoms with Gasteiger partial charge in [-0.25, -0.2) is 4.79 Å². The standard InChI is InChI=1S/C25H21N3O5S/c1-17-23(34-22-16-10-9-15-21(22)28(30)31)24(27(26-17)19-11-5-3-6-12-19)33-25(29)18(2)32-20-13-7-4-8-14-20/h3-16,18H,1-2H3/t18-/m1/s1. The number of benzene rings is 3. The molecule has 172 valence electrons. The zero-order valence-corrected chi connectivity index (χ0v) is 19.3. The second-order valence-electron chi connectivity index (χ2n) is 7.29. The molecule has 34 heavy (non-hydrogen) atoms. The van der Waals surface area contributed by atoms with Crippen LogP contribution >= 0.6 is 11.8 Å². The SMILES string of the molecule is Cc1nn(-c2ccccc2)c(OC(=O)[C@@H](C)Oc2ccccc2)c1Sc1ccccc1[N+](=O)[O-]. The number of aryl methyl sites for hydroxylation is 1. The number of ether oxygens (including phenoxy) is 2. The van der Waals surface area contributed by atoms with Crippen LogP contribution in [0.3, 0.4) is 0 Å². The highest BCUT2D eigenvalue weighted by molar-refractivity contribution is 7.99. The van der Waals surface area contributed by atoms with Gasteiger partial charge >= 0.3 is 5.97 Å². The lowest BCUT2D eigenvalue weighted by molar-refractivity contribution is -0.387. The molecule has 8 nitrogen and oxygen atoms in total. The van der Waals surface area contributed by atoms with E-state index in [2.05, 4.69) is 5.10 Å². The second kappa shape index (κ2) is 10.2. The number of esters is 1. The summed E-state index contributed by atoms with van der Waals surface area (Å²) < 4.78 is 13.0. The maximum atomic E-state index is 13.0. The molecule has 0 aliphatic rings. The summed E-state index contributed by atoms with van der Waals surface area (Å²) in [5, 5.41) is 16.1. The molecule has 0 amide bonds. The van der Waals surface area contributed by atoms with Gasteiger partial charge in [0.1, 0.15) is 5.75 Å². The molecule has 1 atom stereocenters. The molecule has 4 aromatic rings. The summed E-state index contributed by atoms with van der Waals surface area (Å²) in [6.45, 7) is 3.36. The summed E-state index contributed by atoms with van der Waals surface area (Å²) >= 11 is 1.13. The topological polar surface area (TPSA) is 96.5 Å². The fraction of sp³-hybridized carbons (Fsp3) is 0.120. The number of rotatable bonds is 8. The van der Waals surface area contributed by atoms with Crippen LogP contribution < -0.4 is 9.47 Å². The van der Waals surface area contributed by atoms with Crippen LogP contribution in [0.25, 0.3) is 5.69 Å². The molecule has 0 saturated carbocycles. The van der Waals surface area contributed by atoms with E-state index in [0.717, 1.165) is 11.8 Å². The molecule has 0 N–H and O–H groups in total. The third-order valence-corrected chi connectivity index (χ3v) is 6.06. The molecular formula is C25H21N3O5S. The van der Waals surface area contributed by atoms with Gasteiger partial charge in [0.2, 0.25) is 5.88 Å². The van der Waals surface area contributed by atoms with Gasteiger partial charge in [0, 0.05) is 6.07 Å². The molecule has 0 radical (unpaired) electrons. The average molecular weight is 476 g/mol. The van der Waals surface area contributed by atoms with E-state index in [9.17, 15) is 14.9 Å². The Hall–Kier alpha value is -4.11. The van der Waals surface area contributed by atoms with Gasteiger partial charge in [0.05, 0.1) is 26.1 Å². The van der Waals surface area contributed by atoms with Crippen molar-refractivity contribution in [3.63, 3.8) is 0 Å². The number of carbonyl (C=O) groups is 1. The lowest BCUT2D eigenvalue weighted by atomic mass is 10.3. The van der Waals surface area contributed by atoms with Gasteiger partial charge in [0.15, 0.2) is 6.10 Å². The van der Waals surface area contributed by atoms with Crippen LogP contribution in [0.15, 0.2) is 94.7 Å². The van der Waals surface area contributed by atoms with Gasteiger partial charge < -0.3 is 9.47 Å². The molecule has 1 aromatic heterocycles. The van der Waals surface area contributed by atoms with Crippen LogP contribution in [-0.2, 0) is 4.79 Å². The second-order valence-corrected chi connectivity index (χ2v) is 8.34. The summed E-state index contributed by atoms with van der Waals surface area (Å²) in [7, 11) is 0. The first-order valence-electron chi connectivity index (χ1n) is 10.4. The fourth-order valence-electron chi connectivity index (χ4n) is 3.18. The Morgan fingerprint density at radius 2 is 1.62 bits per heavy atom. The molecule has 0 aliphatic heterocycles. The highest BCUT2D eigenvalue weighted by Crippen LogP contribution is 2.42.